The van der Waals surface area contributed by atoms with Gasteiger partial charge in [-0.05, 0) is 97.1 Å². The summed E-state index contributed by atoms with van der Waals surface area (Å²) in [5.41, 5.74) is 11.4. The monoisotopic (exact) mass is 623 g/mol. The van der Waals surface area contributed by atoms with Crippen LogP contribution in [-0.4, -0.2) is 43.6 Å². The second kappa shape index (κ2) is 15.6. The first-order valence-corrected chi connectivity index (χ1v) is 14.4. The van der Waals surface area contributed by atoms with Gasteiger partial charge < -0.3 is 20.5 Å². The van der Waals surface area contributed by atoms with Gasteiger partial charge in [0, 0.05) is 34.0 Å². The minimum Gasteiger partial charge on any atom is -0.490 e. The third-order valence-corrected chi connectivity index (χ3v) is 7.04. The zero-order valence-corrected chi connectivity index (χ0v) is 25.6. The third-order valence-electron chi connectivity index (χ3n) is 7.04. The summed E-state index contributed by atoms with van der Waals surface area (Å²) in [4.78, 5) is 37.7. The summed E-state index contributed by atoms with van der Waals surface area (Å²) < 4.78 is 10.8. The van der Waals surface area contributed by atoms with Crippen LogP contribution in [0.5, 0.6) is 5.75 Å². The maximum absolute atomic E-state index is 13.1. The summed E-state index contributed by atoms with van der Waals surface area (Å²) in [6.45, 7) is 2.49. The summed E-state index contributed by atoms with van der Waals surface area (Å²) in [7, 11) is 0. The second-order valence-corrected chi connectivity index (χ2v) is 10.4. The number of amides is 2. The highest BCUT2D eigenvalue weighted by molar-refractivity contribution is 6.09. The molecule has 4 aromatic carbocycles. The molecule has 0 aromatic heterocycles. The lowest BCUT2D eigenvalue weighted by Crippen LogP contribution is -2.25. The topological polar surface area (TPSA) is 120 Å². The molecule has 0 bridgehead atoms. The van der Waals surface area contributed by atoms with Gasteiger partial charge in [0.1, 0.15) is 19.0 Å². The van der Waals surface area contributed by atoms with Gasteiger partial charge in [0.05, 0.1) is 6.54 Å². The Labute approximate surface area is 268 Å². The van der Waals surface area contributed by atoms with Crippen LogP contribution >= 0.6 is 12.4 Å². The largest absolute Gasteiger partial charge is 0.490 e. The van der Waals surface area contributed by atoms with Crippen molar-refractivity contribution in [3.63, 3.8) is 0 Å². The summed E-state index contributed by atoms with van der Waals surface area (Å²) in [5.74, 6) is 6.07. The van der Waals surface area contributed by atoms with Crippen molar-refractivity contribution in [3.8, 4) is 28.7 Å². The quantitative estimate of drug-likeness (QED) is 0.111. The average molecular weight is 624 g/mol. The van der Waals surface area contributed by atoms with Crippen molar-refractivity contribution in [2.45, 2.75) is 25.8 Å². The zero-order valence-electron chi connectivity index (χ0n) is 24.8. The number of rotatable bonds is 10. The lowest BCUT2D eigenvalue weighted by atomic mass is 9.95. The Bertz CT molecular complexity index is 1710. The fourth-order valence-electron chi connectivity index (χ4n) is 4.48. The lowest BCUT2D eigenvalue weighted by molar-refractivity contribution is 0.0950. The standard InChI is InChI=1S/C36H33N3O5.ClH/c1-24-4-7-29(35(41)38-30-16-17-30)23-33(24)26-8-10-27(11-9-26)34(40)28-12-18-32(19-13-28)43-21-22-44-36(42)39-31-14-5-25(6-15-31)3-2-20-37;/h4-15,18-19,23,30H,16-17,20-22,37H2,1H3,(H,38,41)(H,39,42);1H. The van der Waals surface area contributed by atoms with E-state index >= 15 is 0 Å². The third kappa shape index (κ3) is 9.19. The van der Waals surface area contributed by atoms with E-state index in [0.717, 1.165) is 35.1 Å². The molecule has 0 saturated heterocycles. The van der Waals surface area contributed by atoms with E-state index in [0.29, 0.717) is 34.2 Å². The van der Waals surface area contributed by atoms with Crippen LogP contribution in [0.15, 0.2) is 91.0 Å². The number of aryl methyl sites for hydroxylation is 1. The minimum absolute atomic E-state index is 0. The van der Waals surface area contributed by atoms with Crippen LogP contribution in [0.1, 0.15) is 50.2 Å². The van der Waals surface area contributed by atoms with Crippen LogP contribution in [0.25, 0.3) is 11.1 Å². The number of halogens is 1. The van der Waals surface area contributed by atoms with Gasteiger partial charge in [-0.25, -0.2) is 4.79 Å². The number of hydrogen-bond acceptors (Lipinski definition) is 6. The van der Waals surface area contributed by atoms with Gasteiger partial charge in [-0.1, -0.05) is 42.2 Å². The molecule has 8 nitrogen and oxygen atoms in total. The molecule has 5 rings (SSSR count). The number of hydrogen-bond donors (Lipinski definition) is 3. The summed E-state index contributed by atoms with van der Waals surface area (Å²) >= 11 is 0. The van der Waals surface area contributed by atoms with Gasteiger partial charge in [-0.3, -0.25) is 14.9 Å². The number of anilines is 1. The molecule has 0 unspecified atom stereocenters. The molecule has 230 valence electrons. The molecule has 9 heteroatoms. The van der Waals surface area contributed by atoms with Gasteiger partial charge in [0.2, 0.25) is 0 Å². The maximum Gasteiger partial charge on any atom is 0.411 e. The Morgan fingerprint density at radius 3 is 2.13 bits per heavy atom. The first-order chi connectivity index (χ1) is 21.4. The first kappa shape index (κ1) is 32.8. The predicted octanol–water partition coefficient (Wildman–Crippen LogP) is 6.14. The van der Waals surface area contributed by atoms with Gasteiger partial charge >= 0.3 is 6.09 Å². The Kier molecular flexibility index (Phi) is 11.4. The Morgan fingerprint density at radius 1 is 0.844 bits per heavy atom. The molecule has 45 heavy (non-hydrogen) atoms. The summed E-state index contributed by atoms with van der Waals surface area (Å²) in [5, 5.41) is 5.67. The zero-order chi connectivity index (χ0) is 30.9. The van der Waals surface area contributed by atoms with Crippen molar-refractivity contribution < 1.29 is 23.9 Å². The van der Waals surface area contributed by atoms with Gasteiger partial charge in [0.15, 0.2) is 5.78 Å². The molecule has 2 amide bonds. The summed E-state index contributed by atoms with van der Waals surface area (Å²) in [6.07, 6.45) is 1.48. The van der Waals surface area contributed by atoms with Crippen molar-refractivity contribution in [2.24, 2.45) is 5.73 Å². The van der Waals surface area contributed by atoms with Crippen LogP contribution < -0.4 is 21.1 Å². The van der Waals surface area contributed by atoms with Crippen LogP contribution in [0.3, 0.4) is 0 Å². The Balaban J connectivity index is 0.00000461. The highest BCUT2D eigenvalue weighted by Crippen LogP contribution is 2.27. The van der Waals surface area contributed by atoms with Crippen molar-refractivity contribution in [1.29, 1.82) is 0 Å². The van der Waals surface area contributed by atoms with Crippen LogP contribution in [-0.2, 0) is 4.74 Å². The van der Waals surface area contributed by atoms with Crippen LogP contribution in [0.2, 0.25) is 0 Å². The molecular weight excluding hydrogens is 590 g/mol. The Hall–Kier alpha value is -5.10. The fourth-order valence-corrected chi connectivity index (χ4v) is 4.48. The van der Waals surface area contributed by atoms with Crippen molar-refractivity contribution in [3.05, 3.63) is 119 Å². The highest BCUT2D eigenvalue weighted by atomic mass is 35.5. The molecule has 0 spiro atoms. The average Bonchev–Trinajstić information content (AvgIpc) is 3.87. The van der Waals surface area contributed by atoms with Crippen molar-refractivity contribution in [2.75, 3.05) is 25.1 Å². The van der Waals surface area contributed by atoms with E-state index in [1.54, 1.807) is 60.7 Å². The molecule has 0 radical (unpaired) electrons. The molecule has 0 heterocycles. The number of ether oxygens (including phenoxy) is 2. The molecular formula is C36H34ClN3O5. The number of benzene rings is 4. The van der Waals surface area contributed by atoms with Crippen LogP contribution in [0, 0.1) is 18.8 Å². The van der Waals surface area contributed by atoms with E-state index in [2.05, 4.69) is 22.5 Å². The lowest BCUT2D eigenvalue weighted by Gasteiger charge is -2.11. The number of nitrogens with one attached hydrogen (secondary N) is 2. The molecule has 0 atom stereocenters. The number of carbonyl (C=O) groups excluding carboxylic acids is 3. The van der Waals surface area contributed by atoms with Crippen molar-refractivity contribution >= 4 is 35.9 Å². The SMILES string of the molecule is Cc1ccc(C(=O)NC2CC2)cc1-c1ccc(C(=O)c2ccc(OCCOC(=O)Nc3ccc(C#CCN)cc3)cc2)cc1.Cl. The molecule has 4 aromatic rings. The Morgan fingerprint density at radius 2 is 1.49 bits per heavy atom. The molecule has 1 aliphatic rings. The van der Waals surface area contributed by atoms with Crippen molar-refractivity contribution in [1.82, 2.24) is 5.32 Å². The van der Waals surface area contributed by atoms with Gasteiger partial charge in [0.25, 0.3) is 5.91 Å². The van der Waals surface area contributed by atoms with Gasteiger partial charge in [-0.15, -0.1) is 12.4 Å². The fraction of sp³-hybridized carbons (Fsp3) is 0.194. The van der Waals surface area contributed by atoms with E-state index < -0.39 is 6.09 Å². The number of nitrogens with two attached hydrogens (primary N) is 1. The smallest absolute Gasteiger partial charge is 0.411 e. The normalized spacial score (nSPS) is 11.7. The van der Waals surface area contributed by atoms with E-state index in [-0.39, 0.29) is 43.9 Å². The highest BCUT2D eigenvalue weighted by Gasteiger charge is 2.24. The second-order valence-electron chi connectivity index (χ2n) is 10.4. The van der Waals surface area contributed by atoms with E-state index in [9.17, 15) is 14.4 Å². The van der Waals surface area contributed by atoms with Gasteiger partial charge in [-0.2, -0.15) is 0 Å². The molecule has 4 N–H and O–H groups in total. The molecule has 1 aliphatic carbocycles. The molecule has 1 saturated carbocycles. The van der Waals surface area contributed by atoms with E-state index in [1.807, 2.05) is 37.3 Å². The minimum atomic E-state index is -0.594. The van der Waals surface area contributed by atoms with Crippen LogP contribution in [0.4, 0.5) is 10.5 Å². The van der Waals surface area contributed by atoms with E-state index in [4.69, 9.17) is 15.2 Å². The number of ketones is 1. The first-order valence-electron chi connectivity index (χ1n) is 14.4. The maximum atomic E-state index is 13.1. The predicted molar refractivity (Wildman–Crippen MR) is 177 cm³/mol. The molecule has 0 aliphatic heterocycles. The van der Waals surface area contributed by atoms with E-state index in [1.165, 1.54) is 0 Å². The summed E-state index contributed by atoms with van der Waals surface area (Å²) in [6, 6.07) is 27.2. The molecule has 1 fully saturated rings. The number of carbonyl (C=O) groups is 3.